The minimum Gasteiger partial charge on any atom is -0.494 e. The fourth-order valence-corrected chi connectivity index (χ4v) is 3.00. The SMILES string of the molecule is CCCOc1ccc(C(=O)NCC(=O)N/N=C\c2ccc(OC(=O)c3cccc(Cl)c3)cc2)cc1. The Hall–Kier alpha value is -4.17. The van der Waals surface area contributed by atoms with Crippen molar-refractivity contribution in [2.75, 3.05) is 13.2 Å². The largest absolute Gasteiger partial charge is 0.494 e. The molecular weight excluding hydrogens is 470 g/mol. The number of rotatable bonds is 10. The van der Waals surface area contributed by atoms with Gasteiger partial charge >= 0.3 is 5.97 Å². The number of hydrogen-bond donors (Lipinski definition) is 2. The molecule has 0 heterocycles. The van der Waals surface area contributed by atoms with Gasteiger partial charge in [-0.05, 0) is 78.7 Å². The minimum absolute atomic E-state index is 0.233. The average Bonchev–Trinajstić information content (AvgIpc) is 2.87. The summed E-state index contributed by atoms with van der Waals surface area (Å²) >= 11 is 5.89. The summed E-state index contributed by atoms with van der Waals surface area (Å²) in [5.41, 5.74) is 3.77. The highest BCUT2D eigenvalue weighted by molar-refractivity contribution is 6.30. The zero-order valence-electron chi connectivity index (χ0n) is 19.0. The lowest BCUT2D eigenvalue weighted by Crippen LogP contribution is -2.34. The molecule has 0 aromatic heterocycles. The molecule has 35 heavy (non-hydrogen) atoms. The van der Waals surface area contributed by atoms with Crippen molar-refractivity contribution in [2.45, 2.75) is 13.3 Å². The fourth-order valence-electron chi connectivity index (χ4n) is 2.81. The van der Waals surface area contributed by atoms with E-state index < -0.39 is 11.9 Å². The van der Waals surface area contributed by atoms with E-state index in [0.29, 0.717) is 39.8 Å². The Kier molecular flexibility index (Phi) is 9.39. The Bertz CT molecular complexity index is 1190. The second-order valence-electron chi connectivity index (χ2n) is 7.32. The number of nitrogens with zero attached hydrogens (tertiary/aromatic N) is 1. The zero-order chi connectivity index (χ0) is 25.0. The molecule has 0 saturated heterocycles. The molecule has 0 atom stereocenters. The third-order valence-electron chi connectivity index (χ3n) is 4.55. The van der Waals surface area contributed by atoms with Crippen molar-refractivity contribution in [3.63, 3.8) is 0 Å². The van der Waals surface area contributed by atoms with Crippen molar-refractivity contribution in [1.29, 1.82) is 0 Å². The topological polar surface area (TPSA) is 106 Å². The highest BCUT2D eigenvalue weighted by Gasteiger charge is 2.09. The first-order valence-corrected chi connectivity index (χ1v) is 11.2. The maximum atomic E-state index is 12.2. The number of halogens is 1. The molecule has 0 saturated carbocycles. The summed E-state index contributed by atoms with van der Waals surface area (Å²) in [4.78, 5) is 36.3. The Morgan fingerprint density at radius 3 is 2.34 bits per heavy atom. The fraction of sp³-hybridized carbons (Fsp3) is 0.154. The van der Waals surface area contributed by atoms with Gasteiger partial charge in [-0.2, -0.15) is 5.10 Å². The first kappa shape index (κ1) is 25.5. The molecule has 9 heteroatoms. The monoisotopic (exact) mass is 493 g/mol. The molecule has 0 bridgehead atoms. The van der Waals surface area contributed by atoms with Gasteiger partial charge in [0.1, 0.15) is 11.5 Å². The van der Waals surface area contributed by atoms with Crippen LogP contribution >= 0.6 is 11.6 Å². The molecule has 0 radical (unpaired) electrons. The van der Waals surface area contributed by atoms with Gasteiger partial charge in [0.25, 0.3) is 11.8 Å². The van der Waals surface area contributed by atoms with Gasteiger partial charge in [-0.15, -0.1) is 0 Å². The van der Waals surface area contributed by atoms with E-state index in [-0.39, 0.29) is 12.5 Å². The Balaban J connectivity index is 1.42. The summed E-state index contributed by atoms with van der Waals surface area (Å²) < 4.78 is 10.8. The van der Waals surface area contributed by atoms with Crippen molar-refractivity contribution >= 4 is 35.6 Å². The van der Waals surface area contributed by atoms with Crippen LogP contribution in [0.2, 0.25) is 5.02 Å². The summed E-state index contributed by atoms with van der Waals surface area (Å²) in [6.07, 6.45) is 2.32. The maximum absolute atomic E-state index is 12.2. The molecule has 180 valence electrons. The van der Waals surface area contributed by atoms with Crippen molar-refractivity contribution in [2.24, 2.45) is 5.10 Å². The van der Waals surface area contributed by atoms with Crippen LogP contribution in [-0.4, -0.2) is 37.1 Å². The summed E-state index contributed by atoms with van der Waals surface area (Å²) in [7, 11) is 0. The Morgan fingerprint density at radius 1 is 0.943 bits per heavy atom. The molecular formula is C26H24ClN3O5. The molecule has 0 aliphatic heterocycles. The van der Waals surface area contributed by atoms with Crippen molar-refractivity contribution < 1.29 is 23.9 Å². The highest BCUT2D eigenvalue weighted by Crippen LogP contribution is 2.16. The van der Waals surface area contributed by atoms with Gasteiger partial charge in [-0.3, -0.25) is 9.59 Å². The van der Waals surface area contributed by atoms with E-state index in [2.05, 4.69) is 15.8 Å². The lowest BCUT2D eigenvalue weighted by Gasteiger charge is -2.07. The number of hydrogen-bond acceptors (Lipinski definition) is 6. The second kappa shape index (κ2) is 12.9. The smallest absolute Gasteiger partial charge is 0.343 e. The molecule has 3 aromatic rings. The van der Waals surface area contributed by atoms with E-state index >= 15 is 0 Å². The van der Waals surface area contributed by atoms with E-state index in [1.807, 2.05) is 6.92 Å². The predicted molar refractivity (Wildman–Crippen MR) is 133 cm³/mol. The number of ether oxygens (including phenoxy) is 2. The standard InChI is InChI=1S/C26H24ClN3O5/c1-2-14-34-22-12-8-19(9-13-22)25(32)28-17-24(31)30-29-16-18-6-10-23(11-7-18)35-26(33)20-4-3-5-21(27)15-20/h3-13,15-16H,2,14,17H2,1H3,(H,28,32)(H,30,31)/b29-16-. The van der Waals surface area contributed by atoms with Gasteiger partial charge in [0, 0.05) is 10.6 Å². The van der Waals surface area contributed by atoms with Gasteiger partial charge < -0.3 is 14.8 Å². The lowest BCUT2D eigenvalue weighted by atomic mass is 10.2. The molecule has 0 fully saturated rings. The molecule has 0 aliphatic carbocycles. The van der Waals surface area contributed by atoms with Gasteiger partial charge in [-0.1, -0.05) is 24.6 Å². The second-order valence-corrected chi connectivity index (χ2v) is 7.75. The van der Waals surface area contributed by atoms with Crippen LogP contribution in [0.25, 0.3) is 0 Å². The van der Waals surface area contributed by atoms with E-state index in [4.69, 9.17) is 21.1 Å². The number of amides is 2. The van der Waals surface area contributed by atoms with Gasteiger partial charge in [0.2, 0.25) is 0 Å². The van der Waals surface area contributed by atoms with Gasteiger partial charge in [0.15, 0.2) is 0 Å². The number of esters is 1. The van der Waals surface area contributed by atoms with Crippen LogP contribution in [0.3, 0.4) is 0 Å². The zero-order valence-corrected chi connectivity index (χ0v) is 19.7. The number of carbonyl (C=O) groups is 3. The summed E-state index contributed by atoms with van der Waals surface area (Å²) in [5, 5.41) is 6.84. The van der Waals surface area contributed by atoms with Crippen molar-refractivity contribution in [3.8, 4) is 11.5 Å². The number of nitrogens with one attached hydrogen (secondary N) is 2. The lowest BCUT2D eigenvalue weighted by molar-refractivity contribution is -0.120. The summed E-state index contributed by atoms with van der Waals surface area (Å²) in [6, 6.07) is 19.7. The Morgan fingerprint density at radius 2 is 1.66 bits per heavy atom. The Labute approximate surface area is 207 Å². The average molecular weight is 494 g/mol. The minimum atomic E-state index is -0.524. The maximum Gasteiger partial charge on any atom is 0.343 e. The third-order valence-corrected chi connectivity index (χ3v) is 4.79. The predicted octanol–water partition coefficient (Wildman–Crippen LogP) is 4.23. The molecule has 0 spiro atoms. The summed E-state index contributed by atoms with van der Waals surface area (Å²) in [5.74, 6) is -0.353. The molecule has 8 nitrogen and oxygen atoms in total. The molecule has 0 aliphatic rings. The first-order valence-electron chi connectivity index (χ1n) is 10.9. The van der Waals surface area contributed by atoms with Crippen LogP contribution in [-0.2, 0) is 4.79 Å². The van der Waals surface area contributed by atoms with Gasteiger partial charge in [0.05, 0.1) is 24.9 Å². The van der Waals surface area contributed by atoms with Crippen LogP contribution in [0.4, 0.5) is 0 Å². The van der Waals surface area contributed by atoms with Crippen LogP contribution in [0.15, 0.2) is 77.9 Å². The quantitative estimate of drug-likeness (QED) is 0.190. The first-order chi connectivity index (χ1) is 16.9. The van der Waals surface area contributed by atoms with E-state index in [1.165, 1.54) is 12.3 Å². The molecule has 3 rings (SSSR count). The van der Waals surface area contributed by atoms with Crippen LogP contribution in [0.5, 0.6) is 11.5 Å². The van der Waals surface area contributed by atoms with Crippen LogP contribution in [0.1, 0.15) is 39.6 Å². The van der Waals surface area contributed by atoms with E-state index in [9.17, 15) is 14.4 Å². The molecule has 2 amide bonds. The molecule has 0 unspecified atom stereocenters. The van der Waals surface area contributed by atoms with Crippen molar-refractivity contribution in [3.05, 3.63) is 94.5 Å². The number of hydrazone groups is 1. The van der Waals surface area contributed by atoms with Crippen LogP contribution < -0.4 is 20.2 Å². The number of carbonyl (C=O) groups excluding carboxylic acids is 3. The molecule has 2 N–H and O–H groups in total. The van der Waals surface area contributed by atoms with E-state index in [1.54, 1.807) is 66.7 Å². The van der Waals surface area contributed by atoms with Gasteiger partial charge in [-0.25, -0.2) is 10.2 Å². The molecule has 3 aromatic carbocycles. The third kappa shape index (κ3) is 8.28. The van der Waals surface area contributed by atoms with Crippen molar-refractivity contribution in [1.82, 2.24) is 10.7 Å². The normalized spacial score (nSPS) is 10.6. The highest BCUT2D eigenvalue weighted by atomic mass is 35.5. The number of benzene rings is 3. The van der Waals surface area contributed by atoms with E-state index in [0.717, 1.165) is 6.42 Å². The van der Waals surface area contributed by atoms with Crippen LogP contribution in [0, 0.1) is 0 Å². The summed E-state index contributed by atoms with van der Waals surface area (Å²) in [6.45, 7) is 2.38.